The van der Waals surface area contributed by atoms with Gasteiger partial charge in [0.2, 0.25) is 0 Å². The lowest BCUT2D eigenvalue weighted by Crippen LogP contribution is -2.10. The van der Waals surface area contributed by atoms with Crippen LogP contribution in [0, 0.1) is 5.82 Å². The molecule has 198 valence electrons. The maximum absolute atomic E-state index is 14.8. The molecule has 6 heterocycles. The normalized spacial score (nSPS) is 13.5. The molecule has 0 saturated heterocycles. The highest BCUT2D eigenvalue weighted by Crippen LogP contribution is 2.37. The van der Waals surface area contributed by atoms with E-state index in [9.17, 15) is 4.39 Å². The number of nitrogens with two attached hydrogens (primary N) is 1. The Hall–Kier alpha value is -5.36. The van der Waals surface area contributed by atoms with E-state index in [1.165, 1.54) is 18.5 Å². The predicted octanol–water partition coefficient (Wildman–Crippen LogP) is 5.47. The van der Waals surface area contributed by atoms with Crippen LogP contribution in [-0.2, 0) is 0 Å². The van der Waals surface area contributed by atoms with Gasteiger partial charge in [-0.3, -0.25) is 4.98 Å². The van der Waals surface area contributed by atoms with Gasteiger partial charge in [0.1, 0.15) is 30.2 Å². The second-order valence-corrected chi connectivity index (χ2v) is 9.25. The molecule has 0 amide bonds. The summed E-state index contributed by atoms with van der Waals surface area (Å²) < 4.78 is 18.8. The minimum atomic E-state index is -0.431. The van der Waals surface area contributed by atoms with E-state index in [-0.39, 0.29) is 18.0 Å². The maximum atomic E-state index is 14.8. The van der Waals surface area contributed by atoms with E-state index in [0.717, 1.165) is 22.5 Å². The fourth-order valence-corrected chi connectivity index (χ4v) is 5.09. The van der Waals surface area contributed by atoms with Crippen molar-refractivity contribution in [1.82, 2.24) is 35.3 Å². The minimum absolute atomic E-state index is 0. The molecule has 1 atom stereocenters. The molecule has 1 aliphatic rings. The number of hydrogen-bond acceptors (Lipinski definition) is 9. The minimum Gasteiger partial charge on any atom is -0.383 e. The van der Waals surface area contributed by atoms with E-state index in [0.29, 0.717) is 40.1 Å². The largest absolute Gasteiger partial charge is 0.383 e. The second-order valence-electron chi connectivity index (χ2n) is 9.25. The van der Waals surface area contributed by atoms with Crippen molar-refractivity contribution in [2.24, 2.45) is 15.4 Å². The van der Waals surface area contributed by atoms with E-state index >= 15 is 0 Å². The number of nitrogen functional groups attached to an aromatic ring is 1. The molecule has 0 saturated carbocycles. The third kappa shape index (κ3) is 3.98. The van der Waals surface area contributed by atoms with Crippen LogP contribution in [0.1, 0.15) is 24.1 Å². The summed E-state index contributed by atoms with van der Waals surface area (Å²) in [5.41, 5.74) is 12.9. The lowest BCUT2D eigenvalue weighted by molar-refractivity contribution is 0.581. The third-order valence-electron chi connectivity index (χ3n) is 6.91. The zero-order chi connectivity index (χ0) is 26.5. The zero-order valence-electron chi connectivity index (χ0n) is 21.5. The Morgan fingerprint density at radius 2 is 1.82 bits per heavy atom. The summed E-state index contributed by atoms with van der Waals surface area (Å²) in [5.74, 6) is -0.172. The Morgan fingerprint density at radius 3 is 2.62 bits per heavy atom. The number of rotatable bonds is 5. The quantitative estimate of drug-likeness (QED) is 0.299. The van der Waals surface area contributed by atoms with Crippen LogP contribution in [0.2, 0.25) is 0 Å². The molecular formula is C28H24FN11. The van der Waals surface area contributed by atoms with Gasteiger partial charge in [0.25, 0.3) is 0 Å². The third-order valence-corrected chi connectivity index (χ3v) is 6.91. The van der Waals surface area contributed by atoms with Gasteiger partial charge in [-0.2, -0.15) is 10.2 Å². The highest BCUT2D eigenvalue weighted by atomic mass is 19.1. The predicted molar refractivity (Wildman–Crippen MR) is 151 cm³/mol. The van der Waals surface area contributed by atoms with Crippen LogP contribution >= 0.6 is 0 Å². The highest BCUT2D eigenvalue weighted by molar-refractivity contribution is 6.05. The summed E-state index contributed by atoms with van der Waals surface area (Å²) in [7, 11) is 0. The molecule has 7 rings (SSSR count). The van der Waals surface area contributed by atoms with Crippen molar-refractivity contribution in [2.45, 2.75) is 13.0 Å². The molecule has 6 aromatic rings. The maximum Gasteiger partial charge on any atom is 0.164 e. The van der Waals surface area contributed by atoms with Gasteiger partial charge in [0.15, 0.2) is 5.65 Å². The summed E-state index contributed by atoms with van der Waals surface area (Å²) in [6.07, 6.45) is 5.20. The van der Waals surface area contributed by atoms with Crippen LogP contribution in [0.15, 0.2) is 94.8 Å². The molecule has 1 aliphatic heterocycles. The first-order valence-corrected chi connectivity index (χ1v) is 12.3. The van der Waals surface area contributed by atoms with Gasteiger partial charge in [0.05, 0.1) is 28.5 Å². The smallest absolute Gasteiger partial charge is 0.164 e. The Morgan fingerprint density at radius 1 is 0.975 bits per heavy atom. The summed E-state index contributed by atoms with van der Waals surface area (Å²) in [5, 5.41) is 17.1. The molecule has 1 unspecified atom stereocenters. The van der Waals surface area contributed by atoms with Gasteiger partial charge in [-0.15, -0.1) is 5.10 Å². The van der Waals surface area contributed by atoms with Crippen molar-refractivity contribution >= 4 is 28.1 Å². The van der Waals surface area contributed by atoms with Crippen molar-refractivity contribution in [1.29, 1.82) is 0 Å². The number of pyridine rings is 2. The number of anilines is 1. The fraction of sp³-hybridized carbons (Fsp3) is 0.107. The number of fused-ring (bicyclic) bond motifs is 2. The molecule has 11 nitrogen and oxygen atoms in total. The van der Waals surface area contributed by atoms with E-state index in [1.54, 1.807) is 6.20 Å². The Kier molecular flexibility index (Phi) is 6.08. The summed E-state index contributed by atoms with van der Waals surface area (Å²) in [6, 6.07) is 18.4. The van der Waals surface area contributed by atoms with Gasteiger partial charge in [-0.1, -0.05) is 12.1 Å². The summed E-state index contributed by atoms with van der Waals surface area (Å²) in [6.45, 7) is 2.34. The summed E-state index contributed by atoms with van der Waals surface area (Å²) in [4.78, 5) is 13.4. The van der Waals surface area contributed by atoms with E-state index in [2.05, 4.69) is 40.9 Å². The molecule has 5 N–H and O–H groups in total. The number of aromatic nitrogens is 6. The molecule has 0 aliphatic carbocycles. The first-order chi connectivity index (χ1) is 19.1. The van der Waals surface area contributed by atoms with Gasteiger partial charge in [-0.05, 0) is 60.7 Å². The molecule has 1 aromatic carbocycles. The Bertz CT molecular complexity index is 1940. The first-order valence-electron chi connectivity index (χ1n) is 12.3. The van der Waals surface area contributed by atoms with Crippen molar-refractivity contribution in [2.75, 3.05) is 12.3 Å². The van der Waals surface area contributed by atoms with Gasteiger partial charge < -0.3 is 16.3 Å². The average molecular weight is 534 g/mol. The van der Waals surface area contributed by atoms with Crippen LogP contribution < -0.4 is 11.9 Å². The second kappa shape index (κ2) is 9.75. The van der Waals surface area contributed by atoms with E-state index in [4.69, 9.17) is 10.8 Å². The number of benzene rings is 1. The molecule has 12 heteroatoms. The van der Waals surface area contributed by atoms with E-state index in [1.807, 2.05) is 60.3 Å². The van der Waals surface area contributed by atoms with E-state index < -0.39 is 5.82 Å². The number of halogens is 1. The lowest BCUT2D eigenvalue weighted by atomic mass is 10.0. The van der Waals surface area contributed by atoms with Gasteiger partial charge in [0, 0.05) is 34.6 Å². The molecule has 0 radical (unpaired) electrons. The first kappa shape index (κ1) is 24.9. The van der Waals surface area contributed by atoms with Crippen LogP contribution in [0.4, 0.5) is 10.2 Å². The van der Waals surface area contributed by atoms with Crippen LogP contribution in [0.25, 0.3) is 39.2 Å². The van der Waals surface area contributed by atoms with Crippen molar-refractivity contribution < 1.29 is 4.39 Å². The zero-order valence-corrected chi connectivity index (χ0v) is 21.5. The fourth-order valence-electron chi connectivity index (χ4n) is 5.09. The van der Waals surface area contributed by atoms with Crippen molar-refractivity contribution in [3.05, 3.63) is 96.3 Å². The molecule has 5 aromatic heterocycles. The average Bonchev–Trinajstić information content (AvgIpc) is 3.71. The highest BCUT2D eigenvalue weighted by Gasteiger charge is 2.26. The van der Waals surface area contributed by atoms with Crippen LogP contribution in [0.5, 0.6) is 0 Å². The monoisotopic (exact) mass is 533 g/mol. The van der Waals surface area contributed by atoms with Crippen LogP contribution in [0.3, 0.4) is 0 Å². The standard InChI is InChI=1S/C28H21FN10.H3N/c1-16(21-13-20-6-3-5-9-38(20)26(21)22-7-2-4-8-31-22)39-28-24(27(30)32-15-33-28)25(36-39)18-10-17(11-19(29)12-18)23-14-34-37-35-23;/h2-13,15-16H,14H2,1H3,(H2,30,32,33);1H3. The van der Waals surface area contributed by atoms with Gasteiger partial charge in [-0.25, -0.2) is 19.0 Å². The molecule has 0 fully saturated rings. The molecular weight excluding hydrogens is 509 g/mol. The topological polar surface area (TPSA) is 159 Å². The van der Waals surface area contributed by atoms with Crippen molar-refractivity contribution in [3.8, 4) is 22.6 Å². The molecule has 0 bridgehead atoms. The molecule has 0 spiro atoms. The number of hydrogen-bond donors (Lipinski definition) is 2. The number of nitrogens with zero attached hydrogens (tertiary/aromatic N) is 9. The Labute approximate surface area is 227 Å². The van der Waals surface area contributed by atoms with Gasteiger partial charge >= 0.3 is 0 Å². The Balaban J connectivity index is 0.00000289. The molecule has 40 heavy (non-hydrogen) atoms. The van der Waals surface area contributed by atoms with Crippen molar-refractivity contribution in [3.63, 3.8) is 0 Å². The summed E-state index contributed by atoms with van der Waals surface area (Å²) >= 11 is 0. The lowest BCUT2D eigenvalue weighted by Gasteiger charge is -2.15. The SMILES string of the molecule is CC(c1cc2ccccn2c1-c1ccccn1)n1nc(-c2cc(F)cc(C3=NN=NC3)c2)c2c(N)ncnc21.N. The van der Waals surface area contributed by atoms with Crippen LogP contribution in [-0.4, -0.2) is 41.4 Å².